The Bertz CT molecular complexity index is 99.7. The minimum absolute atomic E-state index is 0.954. The highest BCUT2D eigenvalue weighted by Gasteiger charge is 2.23. The summed E-state index contributed by atoms with van der Waals surface area (Å²) in [5.74, 6) is 4.78. The van der Waals surface area contributed by atoms with Gasteiger partial charge in [-0.05, 0) is 36.2 Å². The van der Waals surface area contributed by atoms with Crippen LogP contribution >= 0.6 is 27.7 Å². The number of halogens is 1. The fourth-order valence-corrected chi connectivity index (χ4v) is 3.96. The number of alkyl halides is 1. The van der Waals surface area contributed by atoms with E-state index in [0.717, 1.165) is 11.8 Å². The molecule has 0 bridgehead atoms. The normalized spacial score (nSPS) is 27.3. The maximum absolute atomic E-state index is 3.62. The third-order valence-electron chi connectivity index (χ3n) is 2.49. The lowest BCUT2D eigenvalue weighted by atomic mass is 9.90. The van der Waals surface area contributed by atoms with Crippen molar-refractivity contribution in [3.05, 3.63) is 0 Å². The summed E-state index contributed by atoms with van der Waals surface area (Å²) < 4.78 is 0. The van der Waals surface area contributed by atoms with Gasteiger partial charge in [0, 0.05) is 5.33 Å². The van der Waals surface area contributed by atoms with Gasteiger partial charge in [-0.1, -0.05) is 29.3 Å². The molecule has 0 amide bonds. The van der Waals surface area contributed by atoms with E-state index in [-0.39, 0.29) is 0 Å². The first-order chi connectivity index (χ1) is 5.38. The molecule has 1 fully saturated rings. The third kappa shape index (κ3) is 2.98. The third-order valence-corrected chi connectivity index (χ3v) is 4.51. The molecule has 1 aliphatic heterocycles. The SMILES string of the molecule is CCCC(CBr)C1CCSC1. The highest BCUT2D eigenvalue weighted by atomic mass is 79.9. The standard InChI is InChI=1S/C9H17BrS/c1-2-3-8(6-10)9-4-5-11-7-9/h8-9H,2-7H2,1H3. The van der Waals surface area contributed by atoms with Crippen LogP contribution < -0.4 is 0 Å². The van der Waals surface area contributed by atoms with E-state index >= 15 is 0 Å². The maximum Gasteiger partial charge on any atom is 0.00626 e. The van der Waals surface area contributed by atoms with E-state index in [1.54, 1.807) is 0 Å². The molecule has 0 N–H and O–H groups in total. The molecule has 0 saturated carbocycles. The molecule has 1 aliphatic rings. The highest BCUT2D eigenvalue weighted by Crippen LogP contribution is 2.32. The van der Waals surface area contributed by atoms with Crippen LogP contribution in [-0.2, 0) is 0 Å². The van der Waals surface area contributed by atoms with E-state index in [1.165, 1.54) is 36.1 Å². The summed E-state index contributed by atoms with van der Waals surface area (Å²) in [5.41, 5.74) is 0. The van der Waals surface area contributed by atoms with Gasteiger partial charge in [-0.3, -0.25) is 0 Å². The van der Waals surface area contributed by atoms with Gasteiger partial charge in [0.05, 0.1) is 0 Å². The Morgan fingerprint density at radius 1 is 1.64 bits per heavy atom. The summed E-state index contributed by atoms with van der Waals surface area (Å²) >= 11 is 5.75. The first-order valence-electron chi connectivity index (χ1n) is 4.52. The molecule has 0 aromatic carbocycles. The summed E-state index contributed by atoms with van der Waals surface area (Å²) in [6, 6.07) is 0. The van der Waals surface area contributed by atoms with Crippen molar-refractivity contribution in [2.24, 2.45) is 11.8 Å². The van der Waals surface area contributed by atoms with Gasteiger partial charge in [0.2, 0.25) is 0 Å². The molecule has 2 atom stereocenters. The number of hydrogen-bond donors (Lipinski definition) is 0. The minimum Gasteiger partial charge on any atom is -0.162 e. The Balaban J connectivity index is 2.27. The van der Waals surface area contributed by atoms with Gasteiger partial charge in [0.1, 0.15) is 0 Å². The lowest BCUT2D eigenvalue weighted by molar-refractivity contribution is 0.378. The van der Waals surface area contributed by atoms with E-state index in [1.807, 2.05) is 0 Å². The second-order valence-corrected chi connectivity index (χ2v) is 5.12. The zero-order valence-electron chi connectivity index (χ0n) is 7.18. The average molecular weight is 237 g/mol. The van der Waals surface area contributed by atoms with E-state index in [4.69, 9.17) is 0 Å². The molecular formula is C9H17BrS. The second kappa shape index (κ2) is 5.47. The maximum atomic E-state index is 3.62. The van der Waals surface area contributed by atoms with Gasteiger partial charge >= 0.3 is 0 Å². The van der Waals surface area contributed by atoms with Gasteiger partial charge in [0.15, 0.2) is 0 Å². The van der Waals surface area contributed by atoms with Gasteiger partial charge in [-0.25, -0.2) is 0 Å². The molecule has 0 spiro atoms. The van der Waals surface area contributed by atoms with Crippen LogP contribution in [0, 0.1) is 11.8 Å². The molecule has 2 heteroatoms. The Morgan fingerprint density at radius 3 is 2.91 bits per heavy atom. The predicted molar refractivity (Wildman–Crippen MR) is 57.6 cm³/mol. The largest absolute Gasteiger partial charge is 0.162 e. The summed E-state index contributed by atoms with van der Waals surface area (Å²) in [4.78, 5) is 0. The first kappa shape index (κ1) is 9.91. The molecular weight excluding hydrogens is 220 g/mol. The molecule has 66 valence electrons. The van der Waals surface area contributed by atoms with Crippen molar-refractivity contribution < 1.29 is 0 Å². The van der Waals surface area contributed by atoms with E-state index in [9.17, 15) is 0 Å². The van der Waals surface area contributed by atoms with E-state index < -0.39 is 0 Å². The van der Waals surface area contributed by atoms with Gasteiger partial charge < -0.3 is 0 Å². The van der Waals surface area contributed by atoms with Crippen LogP contribution in [0.3, 0.4) is 0 Å². The summed E-state index contributed by atoms with van der Waals surface area (Å²) in [7, 11) is 0. The quantitative estimate of drug-likeness (QED) is 0.674. The van der Waals surface area contributed by atoms with Crippen molar-refractivity contribution in [3.8, 4) is 0 Å². The summed E-state index contributed by atoms with van der Waals surface area (Å²) in [6.07, 6.45) is 4.22. The second-order valence-electron chi connectivity index (χ2n) is 3.33. The first-order valence-corrected chi connectivity index (χ1v) is 6.79. The molecule has 11 heavy (non-hydrogen) atoms. The van der Waals surface area contributed by atoms with Crippen LogP contribution in [0.5, 0.6) is 0 Å². The Labute approximate surface area is 82.6 Å². The molecule has 1 saturated heterocycles. The van der Waals surface area contributed by atoms with Crippen LogP contribution in [0.1, 0.15) is 26.2 Å². The minimum atomic E-state index is 0.954. The summed E-state index contributed by atoms with van der Waals surface area (Å²) in [5, 5.41) is 1.21. The molecule has 0 aliphatic carbocycles. The smallest absolute Gasteiger partial charge is 0.00626 e. The van der Waals surface area contributed by atoms with Gasteiger partial charge in [0.25, 0.3) is 0 Å². The highest BCUT2D eigenvalue weighted by molar-refractivity contribution is 9.09. The lowest BCUT2D eigenvalue weighted by Gasteiger charge is -2.19. The Kier molecular flexibility index (Phi) is 4.93. The fourth-order valence-electron chi connectivity index (χ4n) is 1.73. The molecule has 0 radical (unpaired) electrons. The van der Waals surface area contributed by atoms with Crippen molar-refractivity contribution in [2.75, 3.05) is 16.8 Å². The van der Waals surface area contributed by atoms with Crippen molar-refractivity contribution in [2.45, 2.75) is 26.2 Å². The Hall–Kier alpha value is 0.830. The van der Waals surface area contributed by atoms with E-state index in [2.05, 4.69) is 34.6 Å². The predicted octanol–water partition coefficient (Wildman–Crippen LogP) is 3.55. The zero-order chi connectivity index (χ0) is 8.10. The molecule has 2 unspecified atom stereocenters. The zero-order valence-corrected chi connectivity index (χ0v) is 9.59. The lowest BCUT2D eigenvalue weighted by Crippen LogP contribution is -2.15. The molecule has 1 rings (SSSR count). The van der Waals surface area contributed by atoms with Crippen LogP contribution in [0.4, 0.5) is 0 Å². The van der Waals surface area contributed by atoms with Crippen LogP contribution in [0.15, 0.2) is 0 Å². The molecule has 0 aromatic rings. The average Bonchev–Trinajstić information content (AvgIpc) is 2.52. The monoisotopic (exact) mass is 236 g/mol. The van der Waals surface area contributed by atoms with Crippen LogP contribution in [-0.4, -0.2) is 16.8 Å². The van der Waals surface area contributed by atoms with Crippen molar-refractivity contribution >= 4 is 27.7 Å². The van der Waals surface area contributed by atoms with Crippen molar-refractivity contribution in [1.29, 1.82) is 0 Å². The molecule has 0 nitrogen and oxygen atoms in total. The van der Waals surface area contributed by atoms with Gasteiger partial charge in [-0.15, -0.1) is 0 Å². The number of hydrogen-bond acceptors (Lipinski definition) is 1. The van der Waals surface area contributed by atoms with Crippen LogP contribution in [0.2, 0.25) is 0 Å². The van der Waals surface area contributed by atoms with Crippen LogP contribution in [0.25, 0.3) is 0 Å². The van der Waals surface area contributed by atoms with E-state index in [0.29, 0.717) is 0 Å². The fraction of sp³-hybridized carbons (Fsp3) is 1.00. The van der Waals surface area contributed by atoms with Crippen molar-refractivity contribution in [3.63, 3.8) is 0 Å². The number of thioether (sulfide) groups is 1. The topological polar surface area (TPSA) is 0 Å². The number of rotatable bonds is 4. The summed E-state index contributed by atoms with van der Waals surface area (Å²) in [6.45, 7) is 2.29. The van der Waals surface area contributed by atoms with Gasteiger partial charge in [-0.2, -0.15) is 11.8 Å². The molecule has 1 heterocycles. The molecule has 0 aromatic heterocycles. The van der Waals surface area contributed by atoms with Crippen molar-refractivity contribution in [1.82, 2.24) is 0 Å². The Morgan fingerprint density at radius 2 is 2.45 bits per heavy atom.